The summed E-state index contributed by atoms with van der Waals surface area (Å²) in [4.78, 5) is 12.5. The number of halogens is 3. The number of ketones is 1. The molecule has 15 heavy (non-hydrogen) atoms. The maximum absolute atomic E-state index is 12.7. The molecule has 0 radical (unpaired) electrons. The van der Waals surface area contributed by atoms with Gasteiger partial charge in [-0.1, -0.05) is 0 Å². The average Bonchev–Trinajstić information content (AvgIpc) is 2.24. The zero-order chi connectivity index (χ0) is 11.9. The van der Waals surface area contributed by atoms with Crippen molar-refractivity contribution in [2.45, 2.75) is 38.9 Å². The Balaban J connectivity index is 2.80. The zero-order valence-corrected chi connectivity index (χ0v) is 9.19. The predicted molar refractivity (Wildman–Crippen MR) is 50.5 cm³/mol. The van der Waals surface area contributed by atoms with E-state index < -0.39 is 17.6 Å². The van der Waals surface area contributed by atoms with Gasteiger partial charge < -0.3 is 0 Å². The normalized spacial score (nSPS) is 26.9. The second-order valence-electron chi connectivity index (χ2n) is 4.66. The Morgan fingerprint density at radius 2 is 2.00 bits per heavy atom. The van der Waals surface area contributed by atoms with Crippen LogP contribution in [0.2, 0.25) is 0 Å². The Bertz CT molecular complexity index is 260. The quantitative estimate of drug-likeness (QED) is 0.715. The van der Waals surface area contributed by atoms with Crippen molar-refractivity contribution < 1.29 is 18.0 Å². The Morgan fingerprint density at radius 1 is 1.47 bits per heavy atom. The van der Waals surface area contributed by atoms with Gasteiger partial charge in [0.2, 0.25) is 0 Å². The van der Waals surface area contributed by atoms with E-state index in [4.69, 9.17) is 0 Å². The van der Waals surface area contributed by atoms with Gasteiger partial charge in [-0.25, -0.2) is 0 Å². The lowest BCUT2D eigenvalue weighted by molar-refractivity contribution is -0.191. The van der Waals surface area contributed by atoms with E-state index >= 15 is 0 Å². The summed E-state index contributed by atoms with van der Waals surface area (Å²) in [7, 11) is 0. The molecule has 0 bridgehead atoms. The standard InChI is InChI=1S/C10H16F3NO/c1-7(15)6-14-5-4-8(9(14,2)3)10(11,12)13/h8H,4-6H2,1-3H3. The molecule has 1 aliphatic rings. The number of Topliss-reactive ketones (excluding diaryl/α,β-unsaturated/α-hetero) is 1. The summed E-state index contributed by atoms with van der Waals surface area (Å²) >= 11 is 0. The van der Waals surface area contributed by atoms with Crippen LogP contribution in [0.3, 0.4) is 0 Å². The molecule has 1 atom stereocenters. The molecule has 0 aliphatic carbocycles. The predicted octanol–water partition coefficient (Wildman–Crippen LogP) is 2.24. The summed E-state index contributed by atoms with van der Waals surface area (Å²) in [6.45, 7) is 4.97. The van der Waals surface area contributed by atoms with Crippen molar-refractivity contribution in [3.8, 4) is 0 Å². The van der Waals surface area contributed by atoms with Gasteiger partial charge in [0.15, 0.2) is 0 Å². The van der Waals surface area contributed by atoms with Crippen LogP contribution in [0.1, 0.15) is 27.2 Å². The first-order valence-electron chi connectivity index (χ1n) is 4.97. The van der Waals surface area contributed by atoms with Crippen molar-refractivity contribution in [2.24, 2.45) is 5.92 Å². The van der Waals surface area contributed by atoms with Gasteiger partial charge in [-0.2, -0.15) is 13.2 Å². The van der Waals surface area contributed by atoms with Crippen molar-refractivity contribution in [3.63, 3.8) is 0 Å². The van der Waals surface area contributed by atoms with E-state index in [1.54, 1.807) is 18.7 Å². The summed E-state index contributed by atoms with van der Waals surface area (Å²) in [5.74, 6) is -1.42. The van der Waals surface area contributed by atoms with Crippen LogP contribution in [0, 0.1) is 5.92 Å². The third-order valence-electron chi connectivity index (χ3n) is 3.16. The van der Waals surface area contributed by atoms with Gasteiger partial charge in [-0.3, -0.25) is 9.69 Å². The molecule has 0 N–H and O–H groups in total. The molecule has 0 aromatic heterocycles. The van der Waals surface area contributed by atoms with E-state index in [1.807, 2.05) is 0 Å². The first-order chi connectivity index (χ1) is 6.65. The molecule has 1 rings (SSSR count). The number of nitrogens with zero attached hydrogens (tertiary/aromatic N) is 1. The largest absolute Gasteiger partial charge is 0.393 e. The topological polar surface area (TPSA) is 20.3 Å². The fourth-order valence-electron chi connectivity index (χ4n) is 2.26. The van der Waals surface area contributed by atoms with Gasteiger partial charge in [0.1, 0.15) is 5.78 Å². The minimum atomic E-state index is -4.17. The highest BCUT2D eigenvalue weighted by atomic mass is 19.4. The number of hydrogen-bond acceptors (Lipinski definition) is 2. The van der Waals surface area contributed by atoms with Crippen LogP contribution >= 0.6 is 0 Å². The lowest BCUT2D eigenvalue weighted by atomic mass is 9.88. The molecule has 2 nitrogen and oxygen atoms in total. The Hall–Kier alpha value is -0.580. The molecule has 0 amide bonds. The van der Waals surface area contributed by atoms with E-state index in [2.05, 4.69) is 0 Å². The molecular weight excluding hydrogens is 207 g/mol. The van der Waals surface area contributed by atoms with Crippen LogP contribution in [0.4, 0.5) is 13.2 Å². The first-order valence-corrected chi connectivity index (χ1v) is 4.97. The van der Waals surface area contributed by atoms with Crippen LogP contribution in [0.25, 0.3) is 0 Å². The molecule has 0 aromatic carbocycles. The summed E-state index contributed by atoms with van der Waals surface area (Å²) in [6, 6.07) is 0. The fraction of sp³-hybridized carbons (Fsp3) is 0.900. The minimum absolute atomic E-state index is 0.0871. The smallest absolute Gasteiger partial charge is 0.299 e. The third kappa shape index (κ3) is 2.51. The molecule has 1 saturated heterocycles. The number of likely N-dealkylation sites (tertiary alicyclic amines) is 1. The van der Waals surface area contributed by atoms with Gasteiger partial charge >= 0.3 is 6.18 Å². The summed E-state index contributed by atoms with van der Waals surface area (Å²) in [6.07, 6.45) is -4.08. The van der Waals surface area contributed by atoms with Crippen molar-refractivity contribution in [1.29, 1.82) is 0 Å². The first kappa shape index (κ1) is 12.5. The molecule has 88 valence electrons. The molecule has 1 fully saturated rings. The second kappa shape index (κ2) is 3.77. The number of alkyl halides is 3. The highest BCUT2D eigenvalue weighted by Gasteiger charge is 2.54. The van der Waals surface area contributed by atoms with Gasteiger partial charge in [0, 0.05) is 5.54 Å². The third-order valence-corrected chi connectivity index (χ3v) is 3.16. The molecule has 0 saturated carbocycles. The highest BCUT2D eigenvalue weighted by molar-refractivity contribution is 5.77. The van der Waals surface area contributed by atoms with Gasteiger partial charge in [0.25, 0.3) is 0 Å². The maximum atomic E-state index is 12.7. The van der Waals surface area contributed by atoms with Gasteiger partial charge in [-0.05, 0) is 33.7 Å². The number of carbonyl (C=O) groups is 1. The van der Waals surface area contributed by atoms with Crippen LogP contribution in [0.5, 0.6) is 0 Å². The monoisotopic (exact) mass is 223 g/mol. The van der Waals surface area contributed by atoms with E-state index in [9.17, 15) is 18.0 Å². The zero-order valence-electron chi connectivity index (χ0n) is 9.19. The van der Waals surface area contributed by atoms with Crippen molar-refractivity contribution >= 4 is 5.78 Å². The van der Waals surface area contributed by atoms with Crippen molar-refractivity contribution in [2.75, 3.05) is 13.1 Å². The lowest BCUT2D eigenvalue weighted by Crippen LogP contribution is -2.48. The van der Waals surface area contributed by atoms with Crippen LogP contribution in [-0.4, -0.2) is 35.5 Å². The molecule has 1 heterocycles. The second-order valence-corrected chi connectivity index (χ2v) is 4.66. The van der Waals surface area contributed by atoms with Crippen molar-refractivity contribution in [3.05, 3.63) is 0 Å². The number of hydrogen-bond donors (Lipinski definition) is 0. The van der Waals surface area contributed by atoms with E-state index in [1.165, 1.54) is 6.92 Å². The fourth-order valence-corrected chi connectivity index (χ4v) is 2.26. The Labute approximate surface area is 87.4 Å². The minimum Gasteiger partial charge on any atom is -0.299 e. The Kier molecular flexibility index (Phi) is 3.14. The molecular formula is C10H16F3NO. The van der Waals surface area contributed by atoms with Crippen LogP contribution in [-0.2, 0) is 4.79 Å². The summed E-state index contributed by atoms with van der Waals surface area (Å²) in [5.41, 5.74) is -0.968. The van der Waals surface area contributed by atoms with E-state index in [0.29, 0.717) is 6.54 Å². The van der Waals surface area contributed by atoms with Crippen LogP contribution in [0.15, 0.2) is 0 Å². The summed E-state index contributed by atoms with van der Waals surface area (Å²) in [5, 5.41) is 0. The molecule has 1 aliphatic heterocycles. The summed E-state index contributed by atoms with van der Waals surface area (Å²) < 4.78 is 38.0. The number of carbonyl (C=O) groups excluding carboxylic acids is 1. The molecule has 5 heteroatoms. The highest BCUT2D eigenvalue weighted by Crippen LogP contribution is 2.44. The SMILES string of the molecule is CC(=O)CN1CCC(C(F)(F)F)C1(C)C. The lowest BCUT2D eigenvalue weighted by Gasteiger charge is -2.36. The van der Waals surface area contributed by atoms with E-state index in [-0.39, 0.29) is 18.7 Å². The van der Waals surface area contributed by atoms with Gasteiger partial charge in [-0.15, -0.1) is 0 Å². The van der Waals surface area contributed by atoms with Gasteiger partial charge in [0.05, 0.1) is 12.5 Å². The Morgan fingerprint density at radius 3 is 2.33 bits per heavy atom. The van der Waals surface area contributed by atoms with Crippen LogP contribution < -0.4 is 0 Å². The molecule has 1 unspecified atom stereocenters. The van der Waals surface area contributed by atoms with E-state index in [0.717, 1.165) is 0 Å². The number of rotatable bonds is 2. The maximum Gasteiger partial charge on any atom is 0.393 e. The van der Waals surface area contributed by atoms with Crippen molar-refractivity contribution in [1.82, 2.24) is 4.90 Å². The average molecular weight is 223 g/mol. The molecule has 0 spiro atoms. The molecule has 0 aromatic rings.